The summed E-state index contributed by atoms with van der Waals surface area (Å²) < 4.78 is 25.5. The summed E-state index contributed by atoms with van der Waals surface area (Å²) in [4.78, 5) is 0.987. The minimum atomic E-state index is -3.63. The van der Waals surface area contributed by atoms with E-state index in [1.54, 1.807) is 18.2 Å². The molecule has 1 aromatic heterocycles. The molecule has 0 fully saturated rings. The summed E-state index contributed by atoms with van der Waals surface area (Å²) in [5, 5.41) is 8.60. The van der Waals surface area contributed by atoms with Crippen molar-refractivity contribution in [1.29, 1.82) is 5.26 Å². The van der Waals surface area contributed by atoms with Gasteiger partial charge in [-0.15, -0.1) is 17.8 Å². The number of terminal acetylenes is 1. The van der Waals surface area contributed by atoms with Gasteiger partial charge in [0.25, 0.3) is 10.0 Å². The van der Waals surface area contributed by atoms with E-state index in [4.69, 9.17) is 11.7 Å². The van der Waals surface area contributed by atoms with Gasteiger partial charge < -0.3 is 0 Å². The molecule has 0 N–H and O–H groups in total. The average molecular weight is 268 g/mol. The summed E-state index contributed by atoms with van der Waals surface area (Å²) >= 11 is 1.21. The maximum Gasteiger partial charge on any atom is 0.254 e. The molecule has 1 aromatic rings. The number of sulfonamides is 1. The van der Waals surface area contributed by atoms with Gasteiger partial charge in [0.05, 0.1) is 12.6 Å². The summed E-state index contributed by atoms with van der Waals surface area (Å²) in [6.45, 7) is 1.64. The van der Waals surface area contributed by atoms with Crippen molar-refractivity contribution in [3.63, 3.8) is 0 Å². The molecule has 0 unspecified atom stereocenters. The lowest BCUT2D eigenvalue weighted by Crippen LogP contribution is -2.31. The van der Waals surface area contributed by atoms with Crippen LogP contribution >= 0.6 is 11.3 Å². The Hall–Kier alpha value is -1.34. The van der Waals surface area contributed by atoms with E-state index in [2.05, 4.69) is 5.92 Å². The lowest BCUT2D eigenvalue weighted by atomic mass is 10.4. The van der Waals surface area contributed by atoms with Gasteiger partial charge in [-0.05, 0) is 18.6 Å². The maximum absolute atomic E-state index is 12.1. The van der Waals surface area contributed by atoms with E-state index < -0.39 is 10.0 Å². The summed E-state index contributed by atoms with van der Waals surface area (Å²) in [7, 11) is -3.63. The van der Waals surface area contributed by atoms with Crippen LogP contribution in [0.4, 0.5) is 0 Å². The van der Waals surface area contributed by atoms with Crippen molar-refractivity contribution in [2.45, 2.75) is 17.6 Å². The van der Waals surface area contributed by atoms with Gasteiger partial charge in [-0.1, -0.05) is 12.8 Å². The first-order valence-electron chi connectivity index (χ1n) is 4.95. The normalized spacial score (nSPS) is 11.1. The molecule has 0 saturated carbocycles. The molecular weight excluding hydrogens is 256 g/mol. The molecule has 0 saturated heterocycles. The van der Waals surface area contributed by atoms with E-state index >= 15 is 0 Å². The standard InChI is InChI=1S/C11H12N2O2S2/c1-3-8-13(9-7-12)17(14,15)11-6-5-10(4-2)16-11/h1,5-6H,4,8-9H2,2H3. The lowest BCUT2D eigenvalue weighted by Gasteiger charge is -2.14. The number of aryl methyl sites for hydroxylation is 1. The Kier molecular flexibility index (Phi) is 4.71. The second-order valence-corrected chi connectivity index (χ2v) is 6.54. The Morgan fingerprint density at radius 2 is 2.18 bits per heavy atom. The van der Waals surface area contributed by atoms with Crippen LogP contribution in [-0.2, 0) is 16.4 Å². The van der Waals surface area contributed by atoms with E-state index in [0.717, 1.165) is 15.6 Å². The summed E-state index contributed by atoms with van der Waals surface area (Å²) in [6, 6.07) is 5.14. The molecular formula is C11H12N2O2S2. The Balaban J connectivity index is 3.08. The van der Waals surface area contributed by atoms with Crippen molar-refractivity contribution in [2.75, 3.05) is 13.1 Å². The maximum atomic E-state index is 12.1. The van der Waals surface area contributed by atoms with Gasteiger partial charge >= 0.3 is 0 Å². The van der Waals surface area contributed by atoms with E-state index in [1.807, 2.05) is 6.92 Å². The summed E-state index contributed by atoms with van der Waals surface area (Å²) in [6.07, 6.45) is 5.89. The molecule has 0 spiro atoms. The van der Waals surface area contributed by atoms with Crippen LogP contribution < -0.4 is 0 Å². The van der Waals surface area contributed by atoms with Crippen molar-refractivity contribution >= 4 is 21.4 Å². The fourth-order valence-corrected chi connectivity index (χ4v) is 3.92. The van der Waals surface area contributed by atoms with Crippen LogP contribution in [0.1, 0.15) is 11.8 Å². The van der Waals surface area contributed by atoms with Crippen molar-refractivity contribution in [3.05, 3.63) is 17.0 Å². The molecule has 90 valence electrons. The van der Waals surface area contributed by atoms with Crippen molar-refractivity contribution in [3.8, 4) is 18.4 Å². The van der Waals surface area contributed by atoms with Gasteiger partial charge in [-0.25, -0.2) is 8.42 Å². The predicted molar refractivity (Wildman–Crippen MR) is 66.9 cm³/mol. The lowest BCUT2D eigenvalue weighted by molar-refractivity contribution is 0.483. The van der Waals surface area contributed by atoms with Crippen molar-refractivity contribution in [2.24, 2.45) is 0 Å². The highest BCUT2D eigenvalue weighted by molar-refractivity contribution is 7.91. The van der Waals surface area contributed by atoms with E-state index in [0.29, 0.717) is 0 Å². The van der Waals surface area contributed by atoms with Gasteiger partial charge in [0.2, 0.25) is 0 Å². The molecule has 0 radical (unpaired) electrons. The average Bonchev–Trinajstić information content (AvgIpc) is 2.78. The zero-order chi connectivity index (χ0) is 12.9. The monoisotopic (exact) mass is 268 g/mol. The molecule has 0 atom stereocenters. The quantitative estimate of drug-likeness (QED) is 0.600. The van der Waals surface area contributed by atoms with Crippen LogP contribution in [0.2, 0.25) is 0 Å². The van der Waals surface area contributed by atoms with Gasteiger partial charge in [0.1, 0.15) is 10.8 Å². The molecule has 17 heavy (non-hydrogen) atoms. The van der Waals surface area contributed by atoms with Crippen molar-refractivity contribution in [1.82, 2.24) is 4.31 Å². The fourth-order valence-electron chi connectivity index (χ4n) is 1.22. The highest BCUT2D eigenvalue weighted by Gasteiger charge is 2.25. The van der Waals surface area contributed by atoms with Crippen LogP contribution in [0.25, 0.3) is 0 Å². The fraction of sp³-hybridized carbons (Fsp3) is 0.364. The van der Waals surface area contributed by atoms with Gasteiger partial charge in [-0.3, -0.25) is 0 Å². The molecule has 1 heterocycles. The summed E-state index contributed by atoms with van der Waals surface area (Å²) in [5.41, 5.74) is 0. The first-order chi connectivity index (χ1) is 8.06. The molecule has 6 heteroatoms. The minimum Gasteiger partial charge on any atom is -0.206 e. The number of nitriles is 1. The minimum absolute atomic E-state index is 0.0880. The zero-order valence-corrected chi connectivity index (χ0v) is 11.0. The highest BCUT2D eigenvalue weighted by Crippen LogP contribution is 2.24. The molecule has 0 bridgehead atoms. The third-order valence-corrected chi connectivity index (χ3v) is 5.58. The largest absolute Gasteiger partial charge is 0.254 e. The molecule has 0 aromatic carbocycles. The van der Waals surface area contributed by atoms with Crippen LogP contribution in [-0.4, -0.2) is 25.8 Å². The molecule has 0 aliphatic heterocycles. The van der Waals surface area contributed by atoms with Crippen LogP contribution in [0.5, 0.6) is 0 Å². The van der Waals surface area contributed by atoms with Crippen LogP contribution in [0, 0.1) is 23.7 Å². The van der Waals surface area contributed by atoms with Gasteiger partial charge in [-0.2, -0.15) is 9.57 Å². The second-order valence-electron chi connectivity index (χ2n) is 3.21. The number of rotatable bonds is 5. The predicted octanol–water partition coefficient (Wildman–Crippen LogP) is 1.46. The number of hydrogen-bond acceptors (Lipinski definition) is 4. The van der Waals surface area contributed by atoms with Gasteiger partial charge in [0, 0.05) is 4.88 Å². The first kappa shape index (κ1) is 13.7. The Bertz CT molecular complexity index is 545. The number of hydrogen-bond donors (Lipinski definition) is 0. The zero-order valence-electron chi connectivity index (χ0n) is 9.38. The number of nitrogens with zero attached hydrogens (tertiary/aromatic N) is 2. The van der Waals surface area contributed by atoms with Crippen LogP contribution in [0.3, 0.4) is 0 Å². The molecule has 1 rings (SSSR count). The molecule has 0 aliphatic carbocycles. The Morgan fingerprint density at radius 1 is 1.47 bits per heavy atom. The summed E-state index contributed by atoms with van der Waals surface area (Å²) in [5.74, 6) is 2.25. The Morgan fingerprint density at radius 3 is 2.65 bits per heavy atom. The SMILES string of the molecule is C#CCN(CC#N)S(=O)(=O)c1ccc(CC)s1. The van der Waals surface area contributed by atoms with E-state index in [1.165, 1.54) is 11.3 Å². The third-order valence-electron chi connectivity index (χ3n) is 2.09. The van der Waals surface area contributed by atoms with E-state index in [-0.39, 0.29) is 17.3 Å². The van der Waals surface area contributed by atoms with Crippen molar-refractivity contribution < 1.29 is 8.42 Å². The second kappa shape index (κ2) is 5.83. The highest BCUT2D eigenvalue weighted by atomic mass is 32.2. The smallest absolute Gasteiger partial charge is 0.206 e. The molecule has 4 nitrogen and oxygen atoms in total. The Labute approximate surface area is 106 Å². The van der Waals surface area contributed by atoms with Gasteiger partial charge in [0.15, 0.2) is 0 Å². The number of thiophene rings is 1. The molecule has 0 amide bonds. The molecule has 0 aliphatic rings. The topological polar surface area (TPSA) is 61.2 Å². The van der Waals surface area contributed by atoms with Crippen LogP contribution in [0.15, 0.2) is 16.3 Å². The first-order valence-corrected chi connectivity index (χ1v) is 7.21. The third kappa shape index (κ3) is 3.07. The van der Waals surface area contributed by atoms with E-state index in [9.17, 15) is 8.42 Å².